The highest BCUT2D eigenvalue weighted by Crippen LogP contribution is 2.46. The van der Waals surface area contributed by atoms with Gasteiger partial charge in [0.2, 0.25) is 0 Å². The van der Waals surface area contributed by atoms with Crippen molar-refractivity contribution in [1.82, 2.24) is 4.90 Å². The Kier molecular flexibility index (Phi) is 5.27. The van der Waals surface area contributed by atoms with Crippen LogP contribution in [0.3, 0.4) is 0 Å². The SMILES string of the molecule is O=C1C=CC(=O)c2c(O)c(NCCCN3CCOCC3)c(Cl)c(O)c21. The van der Waals surface area contributed by atoms with Gasteiger partial charge in [-0.1, -0.05) is 11.6 Å². The maximum atomic E-state index is 12.0. The number of carbonyl (C=O) groups is 2. The summed E-state index contributed by atoms with van der Waals surface area (Å²) in [7, 11) is 0. The molecule has 1 fully saturated rings. The molecule has 1 aromatic rings. The van der Waals surface area contributed by atoms with Crippen molar-refractivity contribution in [2.45, 2.75) is 6.42 Å². The van der Waals surface area contributed by atoms with Crippen LogP contribution in [0, 0.1) is 0 Å². The number of anilines is 1. The lowest BCUT2D eigenvalue weighted by atomic mass is 9.92. The van der Waals surface area contributed by atoms with Gasteiger partial charge >= 0.3 is 0 Å². The van der Waals surface area contributed by atoms with Crippen LogP contribution in [0.4, 0.5) is 5.69 Å². The number of halogens is 1. The van der Waals surface area contributed by atoms with Gasteiger partial charge in [-0.15, -0.1) is 0 Å². The van der Waals surface area contributed by atoms with Crippen LogP contribution in [-0.2, 0) is 4.74 Å². The summed E-state index contributed by atoms with van der Waals surface area (Å²) < 4.78 is 5.29. The quantitative estimate of drug-likeness (QED) is 0.415. The van der Waals surface area contributed by atoms with Crippen molar-refractivity contribution in [1.29, 1.82) is 0 Å². The molecule has 7 nitrogen and oxygen atoms in total. The number of ketones is 2. The number of allylic oxidation sites excluding steroid dienone is 2. The van der Waals surface area contributed by atoms with Crippen LogP contribution in [0.5, 0.6) is 11.5 Å². The predicted molar refractivity (Wildman–Crippen MR) is 92.9 cm³/mol. The molecule has 3 N–H and O–H groups in total. The van der Waals surface area contributed by atoms with Gasteiger partial charge in [-0.05, 0) is 25.1 Å². The first-order valence-electron chi connectivity index (χ1n) is 8.08. The minimum absolute atomic E-state index is 0.0661. The zero-order valence-corrected chi connectivity index (χ0v) is 14.3. The fourth-order valence-electron chi connectivity index (χ4n) is 2.99. The molecule has 0 bridgehead atoms. The Balaban J connectivity index is 1.74. The molecule has 1 aromatic carbocycles. The van der Waals surface area contributed by atoms with E-state index in [0.29, 0.717) is 6.54 Å². The molecule has 3 rings (SSSR count). The van der Waals surface area contributed by atoms with Gasteiger partial charge in [0.1, 0.15) is 16.5 Å². The Morgan fingerprint density at radius 2 is 1.68 bits per heavy atom. The van der Waals surface area contributed by atoms with Crippen molar-refractivity contribution in [3.63, 3.8) is 0 Å². The molecule has 0 aromatic heterocycles. The van der Waals surface area contributed by atoms with Crippen molar-refractivity contribution in [2.24, 2.45) is 0 Å². The van der Waals surface area contributed by atoms with Gasteiger partial charge in [-0.3, -0.25) is 14.5 Å². The topological polar surface area (TPSA) is 99.1 Å². The Hall–Kier alpha value is -2.09. The summed E-state index contributed by atoms with van der Waals surface area (Å²) >= 11 is 6.09. The molecule has 0 unspecified atom stereocenters. The van der Waals surface area contributed by atoms with E-state index < -0.39 is 23.1 Å². The number of morpholine rings is 1. The van der Waals surface area contributed by atoms with Crippen LogP contribution < -0.4 is 5.32 Å². The van der Waals surface area contributed by atoms with Crippen molar-refractivity contribution in [3.8, 4) is 11.5 Å². The number of fused-ring (bicyclic) bond motifs is 1. The molecule has 1 saturated heterocycles. The summed E-state index contributed by atoms with van der Waals surface area (Å²) in [6.07, 6.45) is 2.90. The summed E-state index contributed by atoms with van der Waals surface area (Å²) in [6, 6.07) is 0. The molecule has 1 heterocycles. The Morgan fingerprint density at radius 3 is 2.32 bits per heavy atom. The second-order valence-corrected chi connectivity index (χ2v) is 6.31. The number of hydrogen-bond donors (Lipinski definition) is 3. The van der Waals surface area contributed by atoms with Crippen LogP contribution in [0.2, 0.25) is 5.02 Å². The lowest BCUT2D eigenvalue weighted by molar-refractivity contribution is 0.0378. The highest BCUT2D eigenvalue weighted by atomic mass is 35.5. The number of aromatic hydroxyl groups is 2. The fourth-order valence-corrected chi connectivity index (χ4v) is 3.24. The van der Waals surface area contributed by atoms with Gasteiger partial charge in [0.05, 0.1) is 24.3 Å². The second kappa shape index (κ2) is 7.43. The minimum atomic E-state index is -0.567. The number of rotatable bonds is 5. The summed E-state index contributed by atoms with van der Waals surface area (Å²) in [4.78, 5) is 26.2. The molecule has 134 valence electrons. The van der Waals surface area contributed by atoms with Gasteiger partial charge in [0, 0.05) is 19.6 Å². The number of phenols is 2. The van der Waals surface area contributed by atoms with E-state index in [2.05, 4.69) is 10.2 Å². The number of nitrogens with one attached hydrogen (secondary N) is 1. The molecule has 25 heavy (non-hydrogen) atoms. The van der Waals surface area contributed by atoms with Crippen molar-refractivity contribution >= 4 is 28.9 Å². The largest absolute Gasteiger partial charge is 0.505 e. The molecule has 0 spiro atoms. The van der Waals surface area contributed by atoms with Crippen molar-refractivity contribution in [2.75, 3.05) is 44.7 Å². The van der Waals surface area contributed by atoms with E-state index in [1.165, 1.54) is 0 Å². The molecule has 1 aliphatic carbocycles. The Bertz CT molecular complexity index is 741. The number of ether oxygens (including phenoxy) is 1. The molecule has 2 aliphatic rings. The lowest BCUT2D eigenvalue weighted by Crippen LogP contribution is -2.37. The highest BCUT2D eigenvalue weighted by Gasteiger charge is 2.31. The number of carbonyl (C=O) groups excluding carboxylic acids is 2. The molecule has 0 radical (unpaired) electrons. The third-order valence-corrected chi connectivity index (χ3v) is 4.69. The molecule has 0 atom stereocenters. The van der Waals surface area contributed by atoms with E-state index >= 15 is 0 Å². The van der Waals surface area contributed by atoms with Crippen molar-refractivity contribution in [3.05, 3.63) is 28.3 Å². The summed E-state index contributed by atoms with van der Waals surface area (Å²) in [5.41, 5.74) is -0.407. The minimum Gasteiger partial charge on any atom is -0.505 e. The first-order chi connectivity index (χ1) is 12.0. The van der Waals surface area contributed by atoms with Gasteiger partial charge in [0.15, 0.2) is 17.3 Å². The molecule has 1 aliphatic heterocycles. The van der Waals surface area contributed by atoms with Gasteiger partial charge in [-0.2, -0.15) is 0 Å². The smallest absolute Gasteiger partial charge is 0.190 e. The van der Waals surface area contributed by atoms with Crippen LogP contribution >= 0.6 is 11.6 Å². The predicted octanol–water partition coefficient (Wildman–Crippen LogP) is 1.82. The van der Waals surface area contributed by atoms with Gasteiger partial charge < -0.3 is 20.3 Å². The molecule has 0 saturated carbocycles. The maximum Gasteiger partial charge on any atom is 0.190 e. The van der Waals surface area contributed by atoms with E-state index in [0.717, 1.165) is 51.4 Å². The summed E-state index contributed by atoms with van der Waals surface area (Å²) in [6.45, 7) is 4.56. The van der Waals surface area contributed by atoms with Crippen LogP contribution in [0.1, 0.15) is 27.1 Å². The van der Waals surface area contributed by atoms with E-state index in [9.17, 15) is 19.8 Å². The number of benzene rings is 1. The normalized spacial score (nSPS) is 17.6. The van der Waals surface area contributed by atoms with Gasteiger partial charge in [0.25, 0.3) is 0 Å². The maximum absolute atomic E-state index is 12.0. The average molecular weight is 367 g/mol. The van der Waals surface area contributed by atoms with Crippen LogP contribution in [-0.4, -0.2) is 66.1 Å². The lowest BCUT2D eigenvalue weighted by Gasteiger charge is -2.26. The van der Waals surface area contributed by atoms with Crippen LogP contribution in [0.25, 0.3) is 0 Å². The monoisotopic (exact) mass is 366 g/mol. The number of phenolic OH excluding ortho intramolecular Hbond substituents is 2. The Labute approximate surface area is 149 Å². The zero-order chi connectivity index (χ0) is 18.0. The fraction of sp³-hybridized carbons (Fsp3) is 0.412. The van der Waals surface area contributed by atoms with E-state index in [4.69, 9.17) is 16.3 Å². The molecular formula is C17H19ClN2O5. The molecular weight excluding hydrogens is 348 g/mol. The van der Waals surface area contributed by atoms with E-state index in [-0.39, 0.29) is 21.8 Å². The van der Waals surface area contributed by atoms with E-state index in [1.807, 2.05) is 0 Å². The van der Waals surface area contributed by atoms with E-state index in [1.54, 1.807) is 0 Å². The van der Waals surface area contributed by atoms with Crippen molar-refractivity contribution < 1.29 is 24.5 Å². The van der Waals surface area contributed by atoms with Crippen LogP contribution in [0.15, 0.2) is 12.2 Å². The highest BCUT2D eigenvalue weighted by molar-refractivity contribution is 6.37. The zero-order valence-electron chi connectivity index (χ0n) is 13.5. The third kappa shape index (κ3) is 3.49. The third-order valence-electron chi connectivity index (χ3n) is 4.32. The van der Waals surface area contributed by atoms with Gasteiger partial charge in [-0.25, -0.2) is 0 Å². The number of hydrogen-bond acceptors (Lipinski definition) is 7. The summed E-state index contributed by atoms with van der Waals surface area (Å²) in [5, 5.41) is 23.4. The number of nitrogens with zero attached hydrogens (tertiary/aromatic N) is 1. The Morgan fingerprint density at radius 1 is 1.08 bits per heavy atom. The second-order valence-electron chi connectivity index (χ2n) is 5.93. The average Bonchev–Trinajstić information content (AvgIpc) is 2.62. The molecule has 0 amide bonds. The summed E-state index contributed by atoms with van der Waals surface area (Å²) in [5.74, 6) is -2.02. The first kappa shape index (κ1) is 17.7. The first-order valence-corrected chi connectivity index (χ1v) is 8.46. The standard InChI is InChI=1S/C17H19ClN2O5/c18-14-15(19-4-1-5-20-6-8-25-9-7-20)17(24)13-11(22)3-2-10(21)12(13)16(14)23/h2-3,19,23-24H,1,4-9H2. The molecule has 8 heteroatoms.